The van der Waals surface area contributed by atoms with Crippen molar-refractivity contribution >= 4 is 5.97 Å². The minimum Gasteiger partial charge on any atom is -0.466 e. The second kappa shape index (κ2) is 7.10. The van der Waals surface area contributed by atoms with Crippen molar-refractivity contribution in [2.24, 2.45) is 5.41 Å². The van der Waals surface area contributed by atoms with Gasteiger partial charge in [-0.25, -0.2) is 0 Å². The average Bonchev–Trinajstić information content (AvgIpc) is 2.28. The number of nitrogens with zero attached hydrogens (tertiary/aromatic N) is 1. The summed E-state index contributed by atoms with van der Waals surface area (Å²) in [5.74, 6) is -0.0850. The smallest absolute Gasteiger partial charge is 0.307 e. The number of morpholine rings is 1. The molecule has 4 heteroatoms. The molecule has 1 unspecified atom stereocenters. The Balaban J connectivity index is 2.58. The normalized spacial score (nSPS) is 19.6. The Morgan fingerprint density at radius 3 is 2.44 bits per heavy atom. The molecule has 1 fully saturated rings. The molecule has 0 aromatic rings. The number of esters is 1. The van der Waals surface area contributed by atoms with E-state index >= 15 is 0 Å². The first-order valence-electron chi connectivity index (χ1n) is 6.90. The van der Waals surface area contributed by atoms with Crippen molar-refractivity contribution < 1.29 is 14.3 Å². The maximum Gasteiger partial charge on any atom is 0.307 e. The SMILES string of the molecule is CCOC(=O)CC(CC(C)(C)C)N1CCOCC1. The van der Waals surface area contributed by atoms with E-state index in [1.165, 1.54) is 0 Å². The van der Waals surface area contributed by atoms with Gasteiger partial charge in [-0.05, 0) is 18.8 Å². The second-order valence-corrected chi connectivity index (χ2v) is 6.08. The summed E-state index contributed by atoms with van der Waals surface area (Å²) in [5.41, 5.74) is 0.218. The molecule has 0 radical (unpaired) electrons. The molecule has 1 heterocycles. The van der Waals surface area contributed by atoms with Crippen LogP contribution >= 0.6 is 0 Å². The van der Waals surface area contributed by atoms with Gasteiger partial charge in [0.2, 0.25) is 0 Å². The Bertz CT molecular complexity index is 254. The van der Waals surface area contributed by atoms with Crippen LogP contribution in [0.5, 0.6) is 0 Å². The van der Waals surface area contributed by atoms with Crippen LogP contribution in [0, 0.1) is 5.41 Å². The van der Waals surface area contributed by atoms with Gasteiger partial charge in [0.1, 0.15) is 0 Å². The van der Waals surface area contributed by atoms with Gasteiger partial charge in [0.15, 0.2) is 0 Å². The highest BCUT2D eigenvalue weighted by Gasteiger charge is 2.28. The molecule has 0 amide bonds. The van der Waals surface area contributed by atoms with Crippen molar-refractivity contribution in [3.63, 3.8) is 0 Å². The Hall–Kier alpha value is -0.610. The summed E-state index contributed by atoms with van der Waals surface area (Å²) in [4.78, 5) is 14.1. The van der Waals surface area contributed by atoms with Crippen molar-refractivity contribution in [1.29, 1.82) is 0 Å². The highest BCUT2D eigenvalue weighted by atomic mass is 16.5. The third kappa shape index (κ3) is 5.83. The molecule has 0 spiro atoms. The number of rotatable bonds is 5. The van der Waals surface area contributed by atoms with Crippen LogP contribution in [0.1, 0.15) is 40.5 Å². The van der Waals surface area contributed by atoms with Gasteiger partial charge in [0, 0.05) is 19.1 Å². The Labute approximate surface area is 111 Å². The van der Waals surface area contributed by atoms with Crippen molar-refractivity contribution in [2.75, 3.05) is 32.9 Å². The summed E-state index contributed by atoms with van der Waals surface area (Å²) in [6, 6.07) is 0.271. The lowest BCUT2D eigenvalue weighted by Gasteiger charge is -2.37. The Morgan fingerprint density at radius 2 is 1.94 bits per heavy atom. The van der Waals surface area contributed by atoms with Crippen LogP contribution in [0.2, 0.25) is 0 Å². The summed E-state index contributed by atoms with van der Waals surface area (Å²) < 4.78 is 10.5. The number of hydrogen-bond acceptors (Lipinski definition) is 4. The maximum absolute atomic E-state index is 11.7. The summed E-state index contributed by atoms with van der Waals surface area (Å²) >= 11 is 0. The number of hydrogen-bond donors (Lipinski definition) is 0. The Morgan fingerprint density at radius 1 is 1.33 bits per heavy atom. The predicted molar refractivity (Wildman–Crippen MR) is 71.5 cm³/mol. The topological polar surface area (TPSA) is 38.8 Å². The van der Waals surface area contributed by atoms with E-state index in [1.807, 2.05) is 6.92 Å². The maximum atomic E-state index is 11.7. The minimum atomic E-state index is -0.0850. The van der Waals surface area contributed by atoms with E-state index < -0.39 is 0 Å². The molecule has 1 saturated heterocycles. The molecular weight excluding hydrogens is 230 g/mol. The fraction of sp³-hybridized carbons (Fsp3) is 0.929. The van der Waals surface area contributed by atoms with Crippen molar-refractivity contribution in [3.05, 3.63) is 0 Å². The second-order valence-electron chi connectivity index (χ2n) is 6.08. The van der Waals surface area contributed by atoms with Crippen molar-refractivity contribution in [2.45, 2.75) is 46.6 Å². The highest BCUT2D eigenvalue weighted by molar-refractivity contribution is 5.70. The molecule has 0 aromatic heterocycles. The molecule has 0 saturated carbocycles. The zero-order chi connectivity index (χ0) is 13.6. The minimum absolute atomic E-state index is 0.0850. The van der Waals surface area contributed by atoms with Crippen LogP contribution in [0.25, 0.3) is 0 Å². The van der Waals surface area contributed by atoms with Gasteiger partial charge in [-0.3, -0.25) is 9.69 Å². The molecule has 0 N–H and O–H groups in total. The lowest BCUT2D eigenvalue weighted by molar-refractivity contribution is -0.145. The molecule has 1 aliphatic rings. The molecule has 0 bridgehead atoms. The first-order chi connectivity index (χ1) is 8.42. The van der Waals surface area contributed by atoms with Crippen molar-refractivity contribution in [3.8, 4) is 0 Å². The molecule has 1 aliphatic heterocycles. The van der Waals surface area contributed by atoms with E-state index in [2.05, 4.69) is 25.7 Å². The van der Waals surface area contributed by atoms with Crippen LogP contribution in [-0.4, -0.2) is 49.8 Å². The summed E-state index contributed by atoms with van der Waals surface area (Å²) in [7, 11) is 0. The van der Waals surface area contributed by atoms with Gasteiger partial charge in [-0.2, -0.15) is 0 Å². The third-order valence-electron chi connectivity index (χ3n) is 3.12. The van der Waals surface area contributed by atoms with Crippen LogP contribution < -0.4 is 0 Å². The third-order valence-corrected chi connectivity index (χ3v) is 3.12. The molecule has 1 atom stereocenters. The quantitative estimate of drug-likeness (QED) is 0.707. The van der Waals surface area contributed by atoms with Gasteiger partial charge in [0.25, 0.3) is 0 Å². The lowest BCUT2D eigenvalue weighted by atomic mass is 9.86. The van der Waals surface area contributed by atoms with Gasteiger partial charge in [-0.15, -0.1) is 0 Å². The van der Waals surface area contributed by atoms with Gasteiger partial charge in [0.05, 0.1) is 26.2 Å². The Kier molecular flexibility index (Phi) is 6.09. The van der Waals surface area contributed by atoms with Gasteiger partial charge < -0.3 is 9.47 Å². The van der Waals surface area contributed by atoms with Crippen LogP contribution in [0.3, 0.4) is 0 Å². The predicted octanol–water partition coefficient (Wildman–Crippen LogP) is 2.08. The first kappa shape index (κ1) is 15.4. The highest BCUT2D eigenvalue weighted by Crippen LogP contribution is 2.26. The first-order valence-corrected chi connectivity index (χ1v) is 6.90. The zero-order valence-electron chi connectivity index (χ0n) is 12.2. The molecule has 4 nitrogen and oxygen atoms in total. The average molecular weight is 257 g/mol. The van der Waals surface area contributed by atoms with Gasteiger partial charge in [-0.1, -0.05) is 20.8 Å². The van der Waals surface area contributed by atoms with E-state index in [1.54, 1.807) is 0 Å². The molecule has 106 valence electrons. The lowest BCUT2D eigenvalue weighted by Crippen LogP contribution is -2.46. The molecule has 18 heavy (non-hydrogen) atoms. The number of carbonyl (C=O) groups is 1. The molecule has 0 aromatic carbocycles. The monoisotopic (exact) mass is 257 g/mol. The number of carbonyl (C=O) groups excluding carboxylic acids is 1. The molecular formula is C14H27NO3. The number of ether oxygens (including phenoxy) is 2. The van der Waals surface area contributed by atoms with E-state index in [0.29, 0.717) is 13.0 Å². The fourth-order valence-corrected chi connectivity index (χ4v) is 2.39. The van der Waals surface area contributed by atoms with Crippen molar-refractivity contribution in [1.82, 2.24) is 4.90 Å². The van der Waals surface area contributed by atoms with E-state index in [-0.39, 0.29) is 17.4 Å². The van der Waals surface area contributed by atoms with Crippen LogP contribution in [0.15, 0.2) is 0 Å². The van der Waals surface area contributed by atoms with E-state index in [0.717, 1.165) is 32.7 Å². The van der Waals surface area contributed by atoms with Gasteiger partial charge >= 0.3 is 5.97 Å². The summed E-state index contributed by atoms with van der Waals surface area (Å²) in [5, 5.41) is 0. The van der Waals surface area contributed by atoms with Crippen LogP contribution in [0.4, 0.5) is 0 Å². The van der Waals surface area contributed by atoms with E-state index in [9.17, 15) is 4.79 Å². The molecule has 1 rings (SSSR count). The van der Waals surface area contributed by atoms with E-state index in [4.69, 9.17) is 9.47 Å². The van der Waals surface area contributed by atoms with Crippen LogP contribution in [-0.2, 0) is 14.3 Å². The standard InChI is InChI=1S/C14H27NO3/c1-5-18-13(16)10-12(11-14(2,3)4)15-6-8-17-9-7-15/h12H,5-11H2,1-4H3. The zero-order valence-corrected chi connectivity index (χ0v) is 12.2. The summed E-state index contributed by atoms with van der Waals surface area (Å²) in [6.07, 6.45) is 1.50. The fourth-order valence-electron chi connectivity index (χ4n) is 2.39. The molecule has 0 aliphatic carbocycles. The largest absolute Gasteiger partial charge is 0.466 e. The summed E-state index contributed by atoms with van der Waals surface area (Å²) in [6.45, 7) is 12.3.